The third-order valence-electron chi connectivity index (χ3n) is 18.7. The predicted molar refractivity (Wildman–Crippen MR) is 398 cm³/mol. The van der Waals surface area contributed by atoms with Crippen LogP contribution in [0.15, 0.2) is 133 Å². The van der Waals surface area contributed by atoms with E-state index in [-0.39, 0.29) is 102 Å². The number of aromatic hydroxyl groups is 2. The zero-order chi connectivity index (χ0) is 67.5. The monoisotopic (exact) mass is 1450 g/mol. The van der Waals surface area contributed by atoms with E-state index >= 15 is 8.78 Å². The molecule has 10 aromatic rings. The number of hydrogen-bond donors (Lipinski definition) is 2. The number of halogens is 2. The van der Waals surface area contributed by atoms with E-state index in [1.165, 1.54) is 46.5 Å². The summed E-state index contributed by atoms with van der Waals surface area (Å²) in [5, 5.41) is 30.5. The molecule has 0 amide bonds. The predicted octanol–water partition coefficient (Wildman–Crippen LogP) is 24.7. The standard InChI is InChI=1S/C84H102F2N2O4.2CH3.Hf/c1-50(92-74-35-29-58(86)47-64(74)66-43-56(84(22,23)49-78(5,6)7)45-72(76(66)90)88-69-32-26-53(81(14,15)16)40-61(69)62-41-54(82(17,18)19)27-33-70(62)88)36-37-91-73-34-28-57(85)46-63(73)65-42-55(83(20,21)48-77(2,3)4)44-71(75(65)89)87-67-30-24-51(79(8,9)10)38-59(67)60-39-52(80(11,12)13)25-31-68(60)87;;;/h24-35,38-47,50,89-90H,36-37,48-49H2,1-23H3;2*1H3;/q;2*-1;. The van der Waals surface area contributed by atoms with Gasteiger partial charge in [-0.15, -0.1) is 0 Å². The van der Waals surface area contributed by atoms with Gasteiger partial charge in [0, 0.05) is 76.1 Å². The van der Waals surface area contributed by atoms with Crippen LogP contribution in [-0.4, -0.2) is 32.1 Å². The van der Waals surface area contributed by atoms with Crippen LogP contribution in [0.1, 0.15) is 212 Å². The first kappa shape index (κ1) is 75.7. The van der Waals surface area contributed by atoms with Gasteiger partial charge in [0.1, 0.15) is 34.6 Å². The van der Waals surface area contributed by atoms with Crippen LogP contribution >= 0.6 is 0 Å². The number of aromatic nitrogens is 2. The summed E-state index contributed by atoms with van der Waals surface area (Å²) in [5.74, 6) is -0.102. The molecule has 2 aromatic heterocycles. The van der Waals surface area contributed by atoms with Gasteiger partial charge in [-0.25, -0.2) is 8.78 Å². The quantitative estimate of drug-likeness (QED) is 0.0841. The largest absolute Gasteiger partial charge is 0.505 e. The molecule has 1 unspecified atom stereocenters. The summed E-state index contributed by atoms with van der Waals surface area (Å²) in [5.41, 5.74) is 12.4. The summed E-state index contributed by atoms with van der Waals surface area (Å²) in [7, 11) is 0. The minimum Gasteiger partial charge on any atom is -0.505 e. The van der Waals surface area contributed by atoms with Gasteiger partial charge in [-0.05, 0) is 206 Å². The van der Waals surface area contributed by atoms with Crippen molar-refractivity contribution in [1.82, 2.24) is 9.13 Å². The van der Waals surface area contributed by atoms with Crippen molar-refractivity contribution in [1.29, 1.82) is 0 Å². The first-order valence-electron chi connectivity index (χ1n) is 33.2. The number of benzene rings is 8. The third kappa shape index (κ3) is 15.7. The first-order valence-corrected chi connectivity index (χ1v) is 33.2. The Balaban J connectivity index is 0.00000425. The van der Waals surface area contributed by atoms with E-state index in [1.807, 2.05) is 19.1 Å². The zero-order valence-corrected chi connectivity index (χ0v) is 65.6. The van der Waals surface area contributed by atoms with Gasteiger partial charge in [0.2, 0.25) is 0 Å². The Kier molecular flexibility index (Phi) is 21.2. The molecule has 1 atom stereocenters. The molecule has 0 saturated carbocycles. The van der Waals surface area contributed by atoms with Gasteiger partial charge < -0.3 is 43.7 Å². The molecule has 9 heteroatoms. The van der Waals surface area contributed by atoms with E-state index in [9.17, 15) is 10.2 Å². The number of phenolic OH excluding ortho intramolecular Hbond substituents is 2. The van der Waals surface area contributed by atoms with E-state index in [0.29, 0.717) is 51.5 Å². The number of rotatable bonds is 14. The van der Waals surface area contributed by atoms with Crippen molar-refractivity contribution in [2.24, 2.45) is 10.8 Å². The number of phenols is 2. The molecule has 0 spiro atoms. The smallest absolute Gasteiger partial charge is 0.147 e. The molecular weight excluding hydrogens is 1340 g/mol. The molecule has 6 nitrogen and oxygen atoms in total. The van der Waals surface area contributed by atoms with Gasteiger partial charge >= 0.3 is 0 Å². The molecule has 0 bridgehead atoms. The molecule has 95 heavy (non-hydrogen) atoms. The summed E-state index contributed by atoms with van der Waals surface area (Å²) < 4.78 is 50.0. The van der Waals surface area contributed by atoms with Crippen molar-refractivity contribution >= 4 is 43.6 Å². The molecule has 0 aliphatic carbocycles. The number of fused-ring (bicyclic) bond motifs is 6. The minimum absolute atomic E-state index is 0. The average molecular weight is 1450 g/mol. The van der Waals surface area contributed by atoms with E-state index in [0.717, 1.165) is 67.6 Å². The molecule has 10 rings (SSSR count). The topological polar surface area (TPSA) is 68.8 Å². The van der Waals surface area contributed by atoms with Crippen LogP contribution in [0.4, 0.5) is 8.78 Å². The Bertz CT molecular complexity index is 4330. The SMILES string of the molecule is CC(CCOc1ccc(F)cc1-c1cc(C(C)(C)CC(C)(C)C)cc(-n2c3ccc(C(C)(C)C)cc3c3cc(C(C)(C)C)ccc32)c1O)Oc1ccc(F)cc1-c1cc(C(C)(C)CC(C)(C)C)cc(-n2c3ccc(C(C)(C)C)cc3c3cc(C(C)(C)C)ccc32)c1O.[CH3-].[CH3-].[Hf]. The van der Waals surface area contributed by atoms with Gasteiger partial charge in [-0.3, -0.25) is 0 Å². The summed E-state index contributed by atoms with van der Waals surface area (Å²) in [6, 6.07) is 44.0. The van der Waals surface area contributed by atoms with Gasteiger partial charge in [-0.2, -0.15) is 0 Å². The van der Waals surface area contributed by atoms with Crippen LogP contribution in [0, 0.1) is 37.3 Å². The van der Waals surface area contributed by atoms with Crippen LogP contribution in [0.25, 0.3) is 77.2 Å². The van der Waals surface area contributed by atoms with Crippen molar-refractivity contribution in [3.05, 3.63) is 193 Å². The molecule has 2 N–H and O–H groups in total. The van der Waals surface area contributed by atoms with Crippen molar-refractivity contribution in [2.75, 3.05) is 6.61 Å². The van der Waals surface area contributed by atoms with E-state index in [2.05, 4.69) is 246 Å². The maximum atomic E-state index is 16.0. The van der Waals surface area contributed by atoms with Crippen molar-refractivity contribution in [3.63, 3.8) is 0 Å². The van der Waals surface area contributed by atoms with Crippen molar-refractivity contribution < 1.29 is 54.3 Å². The Morgan fingerprint density at radius 3 is 0.989 bits per heavy atom. The van der Waals surface area contributed by atoms with Gasteiger partial charge in [-0.1, -0.05) is 177 Å². The maximum absolute atomic E-state index is 16.0. The molecule has 8 aromatic carbocycles. The van der Waals surface area contributed by atoms with Crippen LogP contribution < -0.4 is 9.47 Å². The fourth-order valence-corrected chi connectivity index (χ4v) is 14.3. The normalized spacial score (nSPS) is 13.3. The van der Waals surface area contributed by atoms with Crippen LogP contribution in [0.3, 0.4) is 0 Å². The van der Waals surface area contributed by atoms with E-state index in [4.69, 9.17) is 9.47 Å². The minimum atomic E-state index is -0.481. The fourth-order valence-electron chi connectivity index (χ4n) is 14.3. The molecule has 0 radical (unpaired) electrons. The number of hydrogen-bond acceptors (Lipinski definition) is 4. The van der Waals surface area contributed by atoms with E-state index in [1.54, 1.807) is 12.1 Å². The molecule has 2 heterocycles. The Morgan fingerprint density at radius 2 is 0.684 bits per heavy atom. The molecule has 0 aliphatic rings. The summed E-state index contributed by atoms with van der Waals surface area (Å²) in [4.78, 5) is 0. The maximum Gasteiger partial charge on any atom is 0.147 e. The molecule has 506 valence electrons. The Hall–Kier alpha value is -6.71. The third-order valence-corrected chi connectivity index (χ3v) is 18.7. The fraction of sp³-hybridized carbons (Fsp3) is 0.419. The van der Waals surface area contributed by atoms with Gasteiger partial charge in [0.25, 0.3) is 0 Å². The summed E-state index contributed by atoms with van der Waals surface area (Å²) in [6.45, 7) is 51.3. The molecule has 0 aliphatic heterocycles. The second kappa shape index (κ2) is 26.6. The molecular formula is C86H108F2HfN2O4-2. The zero-order valence-electron chi connectivity index (χ0n) is 62.0. The van der Waals surface area contributed by atoms with Gasteiger partial charge in [0.15, 0.2) is 0 Å². The number of ether oxygens (including phenoxy) is 2. The summed E-state index contributed by atoms with van der Waals surface area (Å²) >= 11 is 0. The van der Waals surface area contributed by atoms with Gasteiger partial charge in [0.05, 0.1) is 46.2 Å². The molecule has 0 saturated heterocycles. The Morgan fingerprint density at radius 1 is 0.379 bits per heavy atom. The second-order valence-electron chi connectivity index (χ2n) is 34.5. The van der Waals surface area contributed by atoms with Crippen LogP contribution in [0.5, 0.6) is 23.0 Å². The Labute approximate surface area is 587 Å². The second-order valence-corrected chi connectivity index (χ2v) is 34.5. The van der Waals surface area contributed by atoms with E-state index < -0.39 is 17.7 Å². The van der Waals surface area contributed by atoms with Crippen LogP contribution in [-0.2, 0) is 58.3 Å². The number of nitrogens with zero attached hydrogens (tertiary/aromatic N) is 2. The average Bonchev–Trinajstić information content (AvgIpc) is 1.61. The van der Waals surface area contributed by atoms with Crippen molar-refractivity contribution in [3.8, 4) is 56.6 Å². The van der Waals surface area contributed by atoms with Crippen LogP contribution in [0.2, 0.25) is 0 Å². The first-order chi connectivity index (χ1) is 42.4. The van der Waals surface area contributed by atoms with Crippen molar-refractivity contribution in [2.45, 2.75) is 217 Å². The molecule has 0 fully saturated rings. The summed E-state index contributed by atoms with van der Waals surface area (Å²) in [6.07, 6.45) is 1.56.